The van der Waals surface area contributed by atoms with Crippen molar-refractivity contribution in [2.45, 2.75) is 0 Å². The lowest BCUT2D eigenvalue weighted by molar-refractivity contribution is -0.00946. The number of benzene rings is 1. The topological polar surface area (TPSA) is 99.1 Å². The SMILES string of the molecule is O=S(=O)(OF)Oc1ccc(-n2nn[nH]c2=S)cc1. The van der Waals surface area contributed by atoms with Gasteiger partial charge in [0.15, 0.2) is 0 Å². The first kappa shape index (κ1) is 12.6. The maximum absolute atomic E-state index is 11.6. The first-order chi connectivity index (χ1) is 8.52. The lowest BCUT2D eigenvalue weighted by atomic mass is 10.3. The zero-order chi connectivity index (χ0) is 13.2. The minimum atomic E-state index is -4.68. The van der Waals surface area contributed by atoms with Crippen LogP contribution in [-0.2, 0) is 14.8 Å². The quantitative estimate of drug-likeness (QED) is 0.834. The summed E-state index contributed by atoms with van der Waals surface area (Å²) in [4.78, 5) is 0. The first-order valence-electron chi connectivity index (χ1n) is 4.37. The Kier molecular flexibility index (Phi) is 3.36. The predicted molar refractivity (Wildman–Crippen MR) is 58.3 cm³/mol. The van der Waals surface area contributed by atoms with Crippen molar-refractivity contribution in [1.82, 2.24) is 20.2 Å². The molecule has 1 N–H and O–H groups in total. The molecule has 8 nitrogen and oxygen atoms in total. The highest BCUT2D eigenvalue weighted by Crippen LogP contribution is 2.16. The van der Waals surface area contributed by atoms with E-state index in [0.717, 1.165) is 0 Å². The molecule has 0 aliphatic heterocycles. The van der Waals surface area contributed by atoms with Crippen LogP contribution in [0.3, 0.4) is 0 Å². The molecule has 0 aliphatic carbocycles. The van der Waals surface area contributed by atoms with Crippen LogP contribution in [0.25, 0.3) is 5.69 Å². The third kappa shape index (κ3) is 2.69. The van der Waals surface area contributed by atoms with Crippen LogP contribution in [0.2, 0.25) is 0 Å². The fourth-order valence-corrected chi connectivity index (χ4v) is 1.70. The van der Waals surface area contributed by atoms with Gasteiger partial charge in [-0.05, 0) is 55.8 Å². The summed E-state index contributed by atoms with van der Waals surface area (Å²) in [7, 11) is -4.68. The summed E-state index contributed by atoms with van der Waals surface area (Å²) in [6.45, 7) is 0. The highest BCUT2D eigenvalue weighted by Gasteiger charge is 2.14. The molecule has 0 fully saturated rings. The Labute approximate surface area is 105 Å². The number of rotatable bonds is 4. The minimum Gasteiger partial charge on any atom is -0.360 e. The van der Waals surface area contributed by atoms with Gasteiger partial charge < -0.3 is 4.18 Å². The average molecular weight is 292 g/mol. The van der Waals surface area contributed by atoms with Crippen LogP contribution < -0.4 is 4.18 Å². The van der Waals surface area contributed by atoms with E-state index in [1.54, 1.807) is 0 Å². The summed E-state index contributed by atoms with van der Waals surface area (Å²) in [5.41, 5.74) is 0.527. The highest BCUT2D eigenvalue weighted by molar-refractivity contribution is 7.82. The summed E-state index contributed by atoms with van der Waals surface area (Å²) in [5, 5.41) is 9.60. The zero-order valence-corrected chi connectivity index (χ0v) is 10.1. The number of hydrogen-bond donors (Lipinski definition) is 1. The second-order valence-corrected chi connectivity index (χ2v) is 4.46. The largest absolute Gasteiger partial charge is 0.480 e. The van der Waals surface area contributed by atoms with Gasteiger partial charge in [0.25, 0.3) is 0 Å². The molecule has 96 valence electrons. The van der Waals surface area contributed by atoms with Gasteiger partial charge in [-0.2, -0.15) is 13.1 Å². The van der Waals surface area contributed by atoms with E-state index < -0.39 is 10.4 Å². The van der Waals surface area contributed by atoms with Gasteiger partial charge in [0.2, 0.25) is 4.77 Å². The molecular weight excluding hydrogens is 287 g/mol. The monoisotopic (exact) mass is 292 g/mol. The van der Waals surface area contributed by atoms with Crippen LogP contribution in [0.15, 0.2) is 24.3 Å². The number of aromatic amines is 1. The molecular formula is C7H5FN4O4S2. The van der Waals surface area contributed by atoms with E-state index in [9.17, 15) is 12.9 Å². The summed E-state index contributed by atoms with van der Waals surface area (Å²) in [5.74, 6) is -0.119. The molecule has 0 atom stereocenters. The molecule has 0 unspecified atom stereocenters. The molecule has 0 radical (unpaired) electrons. The maximum Gasteiger partial charge on any atom is 0.480 e. The zero-order valence-electron chi connectivity index (χ0n) is 8.48. The standard InChI is InChI=1S/C7H5FN4O4S2/c8-16-18(13,14)15-6-3-1-5(2-4-6)12-7(17)9-10-11-12/h1-4H,(H,9,11,17). The van der Waals surface area contributed by atoms with Gasteiger partial charge in [-0.3, -0.25) is 0 Å². The highest BCUT2D eigenvalue weighted by atomic mass is 32.3. The van der Waals surface area contributed by atoms with E-state index in [1.807, 2.05) is 0 Å². The Bertz CT molecular complexity index is 693. The van der Waals surface area contributed by atoms with Crippen molar-refractivity contribution in [1.29, 1.82) is 0 Å². The van der Waals surface area contributed by atoms with Crippen molar-refractivity contribution in [3.8, 4) is 11.4 Å². The fraction of sp³-hybridized carbons (Fsp3) is 0. The molecule has 0 saturated carbocycles. The van der Waals surface area contributed by atoms with Crippen LogP contribution in [-0.4, -0.2) is 28.6 Å². The molecule has 1 aromatic heterocycles. The number of halogens is 1. The van der Waals surface area contributed by atoms with Crippen LogP contribution in [0.4, 0.5) is 4.53 Å². The van der Waals surface area contributed by atoms with E-state index in [2.05, 4.69) is 24.1 Å². The second-order valence-electron chi connectivity index (χ2n) is 2.97. The minimum absolute atomic E-state index is 0.119. The number of aromatic nitrogens is 4. The van der Waals surface area contributed by atoms with Crippen molar-refractivity contribution in [2.24, 2.45) is 0 Å². The fourth-order valence-electron chi connectivity index (χ4n) is 1.14. The molecule has 18 heavy (non-hydrogen) atoms. The van der Waals surface area contributed by atoms with Crippen molar-refractivity contribution in [3.63, 3.8) is 0 Å². The number of nitrogens with one attached hydrogen (secondary N) is 1. The summed E-state index contributed by atoms with van der Waals surface area (Å²) in [6.07, 6.45) is 0. The smallest absolute Gasteiger partial charge is 0.360 e. The molecule has 0 saturated heterocycles. The number of tetrazole rings is 1. The van der Waals surface area contributed by atoms with Gasteiger partial charge >= 0.3 is 10.4 Å². The molecule has 0 aliphatic rings. The Morgan fingerprint density at radius 2 is 2.00 bits per heavy atom. The van der Waals surface area contributed by atoms with E-state index in [1.165, 1.54) is 28.9 Å². The normalized spacial score (nSPS) is 11.4. The van der Waals surface area contributed by atoms with E-state index >= 15 is 0 Å². The molecule has 11 heteroatoms. The molecule has 0 amide bonds. The van der Waals surface area contributed by atoms with Crippen molar-refractivity contribution in [3.05, 3.63) is 29.0 Å². The second kappa shape index (κ2) is 4.80. The summed E-state index contributed by atoms with van der Waals surface area (Å²) < 4.78 is 41.4. The summed E-state index contributed by atoms with van der Waals surface area (Å²) in [6, 6.07) is 5.48. The van der Waals surface area contributed by atoms with E-state index in [4.69, 9.17) is 12.2 Å². The van der Waals surface area contributed by atoms with Crippen LogP contribution in [0.5, 0.6) is 5.75 Å². The van der Waals surface area contributed by atoms with Crippen LogP contribution >= 0.6 is 12.2 Å². The summed E-state index contributed by atoms with van der Waals surface area (Å²) >= 11 is 4.89. The third-order valence-electron chi connectivity index (χ3n) is 1.83. The van der Waals surface area contributed by atoms with Crippen LogP contribution in [0.1, 0.15) is 0 Å². The Hall–Kier alpha value is -1.85. The van der Waals surface area contributed by atoms with E-state index in [0.29, 0.717) is 5.69 Å². The third-order valence-corrected chi connectivity index (χ3v) is 2.64. The van der Waals surface area contributed by atoms with Gasteiger partial charge in [-0.15, -0.1) is 0 Å². The Morgan fingerprint density at radius 1 is 1.33 bits per heavy atom. The molecule has 2 aromatic rings. The van der Waals surface area contributed by atoms with Crippen molar-refractivity contribution in [2.75, 3.05) is 0 Å². The number of hydrogen-bond acceptors (Lipinski definition) is 7. The number of nitrogens with zero attached hydrogens (tertiary/aromatic N) is 3. The molecule has 0 spiro atoms. The maximum atomic E-state index is 11.6. The average Bonchev–Trinajstić information content (AvgIpc) is 2.76. The van der Waals surface area contributed by atoms with Gasteiger partial charge in [-0.1, -0.05) is 0 Å². The lowest BCUT2D eigenvalue weighted by Gasteiger charge is -2.03. The van der Waals surface area contributed by atoms with Gasteiger partial charge in [-0.25, -0.2) is 5.10 Å². The molecule has 1 aromatic carbocycles. The Balaban J connectivity index is 2.26. The van der Waals surface area contributed by atoms with Crippen molar-refractivity contribution < 1.29 is 21.5 Å². The number of H-pyrrole nitrogens is 1. The van der Waals surface area contributed by atoms with E-state index in [-0.39, 0.29) is 10.5 Å². The van der Waals surface area contributed by atoms with Gasteiger partial charge in [0, 0.05) is 0 Å². The lowest BCUT2D eigenvalue weighted by Crippen LogP contribution is -2.08. The molecule has 0 bridgehead atoms. The van der Waals surface area contributed by atoms with Gasteiger partial charge in [0.1, 0.15) is 5.75 Å². The van der Waals surface area contributed by atoms with Crippen LogP contribution in [0, 0.1) is 4.77 Å². The first-order valence-corrected chi connectivity index (χ1v) is 6.11. The predicted octanol–water partition coefficient (Wildman–Crippen LogP) is 0.850. The van der Waals surface area contributed by atoms with Crippen molar-refractivity contribution >= 4 is 22.6 Å². The Morgan fingerprint density at radius 3 is 2.50 bits per heavy atom. The molecule has 2 rings (SSSR count). The molecule has 1 heterocycles. The van der Waals surface area contributed by atoms with Gasteiger partial charge in [0.05, 0.1) is 5.69 Å².